The zero-order valence-corrected chi connectivity index (χ0v) is 39.3. The van der Waals surface area contributed by atoms with Gasteiger partial charge < -0.3 is 14.2 Å². The minimum atomic E-state index is -0.774. The maximum absolute atomic E-state index is 12.7. The van der Waals surface area contributed by atoms with Crippen LogP contribution in [0, 0.1) is 0 Å². The Morgan fingerprint density at radius 1 is 0.339 bits per heavy atom. The Balaban J connectivity index is 4.36. The highest BCUT2D eigenvalue weighted by Crippen LogP contribution is 2.15. The molecule has 0 aromatic carbocycles. The van der Waals surface area contributed by atoms with Gasteiger partial charge in [-0.2, -0.15) is 0 Å². The lowest BCUT2D eigenvalue weighted by molar-refractivity contribution is -0.167. The standard InChI is InChI=1S/C53H96O6/c1-4-7-10-13-16-19-22-24-26-28-31-33-36-39-42-45-51(54)57-48-50(59-53(56)47-44-41-38-35-30-21-18-15-12-9-6-3)49-58-52(55)46-43-40-37-34-32-29-27-25-23-20-17-14-11-8-5-2/h16,19-20,23-24,26,50H,4-15,17-18,21-22,25,27-49H2,1-3H3/b19-16-,23-20-,26-24-/t50-/m0/s1. The third-order valence-electron chi connectivity index (χ3n) is 11.1. The Hall–Kier alpha value is -2.37. The van der Waals surface area contributed by atoms with Gasteiger partial charge in [0.25, 0.3) is 0 Å². The van der Waals surface area contributed by atoms with Crippen molar-refractivity contribution in [2.45, 2.75) is 271 Å². The summed E-state index contributed by atoms with van der Waals surface area (Å²) in [6, 6.07) is 0. The Morgan fingerprint density at radius 2 is 0.610 bits per heavy atom. The number of ether oxygens (including phenoxy) is 3. The van der Waals surface area contributed by atoms with Crippen LogP contribution in [0.4, 0.5) is 0 Å². The lowest BCUT2D eigenvalue weighted by Crippen LogP contribution is -2.30. The number of carbonyl (C=O) groups excluding carboxylic acids is 3. The molecule has 0 aromatic heterocycles. The van der Waals surface area contributed by atoms with Gasteiger partial charge in [0.15, 0.2) is 6.10 Å². The topological polar surface area (TPSA) is 78.9 Å². The fourth-order valence-electron chi connectivity index (χ4n) is 7.23. The van der Waals surface area contributed by atoms with E-state index in [0.717, 1.165) is 77.0 Å². The van der Waals surface area contributed by atoms with Crippen LogP contribution in [0.25, 0.3) is 0 Å². The molecule has 0 unspecified atom stereocenters. The summed E-state index contributed by atoms with van der Waals surface area (Å²) in [5.41, 5.74) is 0. The number of carbonyl (C=O) groups is 3. The third-order valence-corrected chi connectivity index (χ3v) is 11.1. The predicted molar refractivity (Wildman–Crippen MR) is 252 cm³/mol. The van der Waals surface area contributed by atoms with E-state index in [1.54, 1.807) is 0 Å². The van der Waals surface area contributed by atoms with Gasteiger partial charge >= 0.3 is 17.9 Å². The molecule has 0 saturated heterocycles. The smallest absolute Gasteiger partial charge is 0.306 e. The van der Waals surface area contributed by atoms with Crippen molar-refractivity contribution in [3.63, 3.8) is 0 Å². The second-order valence-corrected chi connectivity index (χ2v) is 17.1. The molecule has 0 spiro atoms. The molecule has 0 amide bonds. The Kier molecular flexibility index (Phi) is 46.4. The van der Waals surface area contributed by atoms with Crippen LogP contribution in [0.5, 0.6) is 0 Å². The maximum atomic E-state index is 12.7. The van der Waals surface area contributed by atoms with Crippen LogP contribution in [-0.4, -0.2) is 37.2 Å². The SMILES string of the molecule is CCCCC/C=C\C/C=C\CCCCCCCC(=O)OC[C@@H](COC(=O)CCCCCCCCC/C=C\CCCCCC)OC(=O)CCCCCCCCCCCCC. The first-order chi connectivity index (χ1) is 29.0. The van der Waals surface area contributed by atoms with Gasteiger partial charge in [0.05, 0.1) is 0 Å². The molecule has 0 N–H and O–H groups in total. The largest absolute Gasteiger partial charge is 0.462 e. The van der Waals surface area contributed by atoms with Crippen LogP contribution < -0.4 is 0 Å². The van der Waals surface area contributed by atoms with Gasteiger partial charge in [-0.1, -0.05) is 205 Å². The summed E-state index contributed by atoms with van der Waals surface area (Å²) in [7, 11) is 0. The summed E-state index contributed by atoms with van der Waals surface area (Å²) in [5, 5.41) is 0. The zero-order chi connectivity index (χ0) is 43.0. The van der Waals surface area contributed by atoms with Gasteiger partial charge in [-0.25, -0.2) is 0 Å². The van der Waals surface area contributed by atoms with Gasteiger partial charge in [0.2, 0.25) is 0 Å². The van der Waals surface area contributed by atoms with E-state index < -0.39 is 6.10 Å². The normalized spacial score (nSPS) is 12.3. The average Bonchev–Trinajstić information content (AvgIpc) is 3.23. The number of hydrogen-bond donors (Lipinski definition) is 0. The van der Waals surface area contributed by atoms with Crippen molar-refractivity contribution in [1.82, 2.24) is 0 Å². The summed E-state index contributed by atoms with van der Waals surface area (Å²) in [4.78, 5) is 37.9. The highest BCUT2D eigenvalue weighted by Gasteiger charge is 2.19. The fraction of sp³-hybridized carbons (Fsp3) is 0.830. The van der Waals surface area contributed by atoms with Crippen LogP contribution in [0.1, 0.15) is 265 Å². The predicted octanol–water partition coefficient (Wildman–Crippen LogP) is 16.5. The first-order valence-corrected chi connectivity index (χ1v) is 25.5. The third kappa shape index (κ3) is 46.5. The van der Waals surface area contributed by atoms with E-state index in [0.29, 0.717) is 19.3 Å². The lowest BCUT2D eigenvalue weighted by Gasteiger charge is -2.18. The van der Waals surface area contributed by atoms with E-state index in [4.69, 9.17) is 14.2 Å². The minimum Gasteiger partial charge on any atom is -0.462 e. The molecular weight excluding hydrogens is 733 g/mol. The van der Waals surface area contributed by atoms with E-state index in [1.165, 1.54) is 148 Å². The monoisotopic (exact) mass is 829 g/mol. The summed E-state index contributed by atoms with van der Waals surface area (Å²) < 4.78 is 16.8. The van der Waals surface area contributed by atoms with Gasteiger partial charge in [-0.15, -0.1) is 0 Å². The van der Waals surface area contributed by atoms with Gasteiger partial charge in [0.1, 0.15) is 13.2 Å². The number of rotatable bonds is 46. The molecule has 0 fully saturated rings. The average molecular weight is 829 g/mol. The van der Waals surface area contributed by atoms with Gasteiger partial charge in [-0.3, -0.25) is 14.4 Å². The molecule has 0 aliphatic rings. The van der Waals surface area contributed by atoms with Crippen molar-refractivity contribution in [2.24, 2.45) is 0 Å². The van der Waals surface area contributed by atoms with Crippen LogP contribution in [0.2, 0.25) is 0 Å². The van der Waals surface area contributed by atoms with E-state index in [9.17, 15) is 14.4 Å². The molecular formula is C53H96O6. The molecule has 6 nitrogen and oxygen atoms in total. The molecule has 0 aromatic rings. The second kappa shape index (κ2) is 48.3. The van der Waals surface area contributed by atoms with Crippen molar-refractivity contribution < 1.29 is 28.6 Å². The number of esters is 3. The Labute approximate surface area is 365 Å². The summed E-state index contributed by atoms with van der Waals surface area (Å²) >= 11 is 0. The molecule has 0 heterocycles. The lowest BCUT2D eigenvalue weighted by atomic mass is 10.1. The zero-order valence-electron chi connectivity index (χ0n) is 39.3. The summed E-state index contributed by atoms with van der Waals surface area (Å²) in [6.07, 6.45) is 55.5. The molecule has 1 atom stereocenters. The van der Waals surface area contributed by atoms with Gasteiger partial charge in [-0.05, 0) is 77.0 Å². The van der Waals surface area contributed by atoms with Crippen LogP contribution in [0.3, 0.4) is 0 Å². The molecule has 0 bridgehead atoms. The van der Waals surface area contributed by atoms with E-state index >= 15 is 0 Å². The molecule has 59 heavy (non-hydrogen) atoms. The number of allylic oxidation sites excluding steroid dienone is 6. The van der Waals surface area contributed by atoms with Crippen molar-refractivity contribution in [3.05, 3.63) is 36.5 Å². The van der Waals surface area contributed by atoms with Crippen LogP contribution in [-0.2, 0) is 28.6 Å². The molecule has 344 valence electrons. The molecule has 0 rings (SSSR count). The fourth-order valence-corrected chi connectivity index (χ4v) is 7.23. The van der Waals surface area contributed by atoms with Crippen LogP contribution in [0.15, 0.2) is 36.5 Å². The molecule has 0 saturated carbocycles. The second-order valence-electron chi connectivity index (χ2n) is 17.1. The summed E-state index contributed by atoms with van der Waals surface area (Å²) in [5.74, 6) is -0.887. The maximum Gasteiger partial charge on any atom is 0.306 e. The highest BCUT2D eigenvalue weighted by molar-refractivity contribution is 5.71. The Bertz CT molecular complexity index is 1000. The molecule has 6 heteroatoms. The quantitative estimate of drug-likeness (QED) is 0.0263. The van der Waals surface area contributed by atoms with Crippen molar-refractivity contribution in [1.29, 1.82) is 0 Å². The number of unbranched alkanes of at least 4 members (excludes halogenated alkanes) is 29. The van der Waals surface area contributed by atoms with E-state index in [-0.39, 0.29) is 31.1 Å². The van der Waals surface area contributed by atoms with E-state index in [1.807, 2.05) is 0 Å². The molecule has 0 radical (unpaired) electrons. The minimum absolute atomic E-state index is 0.0764. The Morgan fingerprint density at radius 3 is 1.00 bits per heavy atom. The first kappa shape index (κ1) is 56.6. The molecule has 0 aliphatic carbocycles. The van der Waals surface area contributed by atoms with Crippen LogP contribution >= 0.6 is 0 Å². The highest BCUT2D eigenvalue weighted by atomic mass is 16.6. The summed E-state index contributed by atoms with van der Waals surface area (Å²) in [6.45, 7) is 6.59. The van der Waals surface area contributed by atoms with Crippen molar-refractivity contribution in [3.8, 4) is 0 Å². The van der Waals surface area contributed by atoms with Crippen molar-refractivity contribution in [2.75, 3.05) is 13.2 Å². The molecule has 0 aliphatic heterocycles. The van der Waals surface area contributed by atoms with Crippen molar-refractivity contribution >= 4 is 17.9 Å². The van der Waals surface area contributed by atoms with E-state index in [2.05, 4.69) is 57.2 Å². The number of hydrogen-bond acceptors (Lipinski definition) is 6. The first-order valence-electron chi connectivity index (χ1n) is 25.5. The van der Waals surface area contributed by atoms with Gasteiger partial charge in [0, 0.05) is 19.3 Å².